The summed E-state index contributed by atoms with van der Waals surface area (Å²) >= 11 is 0. The number of aryl methyl sites for hydroxylation is 1. The van der Waals surface area contributed by atoms with Crippen molar-refractivity contribution in [3.05, 3.63) is 77.9 Å². The van der Waals surface area contributed by atoms with E-state index < -0.39 is 0 Å². The van der Waals surface area contributed by atoms with Crippen LogP contribution in [0.15, 0.2) is 60.9 Å². The maximum atomic E-state index is 9.29. The van der Waals surface area contributed by atoms with E-state index in [9.17, 15) is 5.26 Å². The third kappa shape index (κ3) is 3.54. The predicted molar refractivity (Wildman–Crippen MR) is 119 cm³/mol. The molecule has 0 fully saturated rings. The van der Waals surface area contributed by atoms with Crippen LogP contribution in [0.3, 0.4) is 0 Å². The molecule has 0 spiro atoms. The van der Waals surface area contributed by atoms with Crippen LogP contribution in [0.1, 0.15) is 23.9 Å². The first-order valence-electron chi connectivity index (χ1n) is 10.2. The van der Waals surface area contributed by atoms with E-state index in [1.807, 2.05) is 35.6 Å². The summed E-state index contributed by atoms with van der Waals surface area (Å²) in [5.74, 6) is 1.49. The number of hydrogen-bond acceptors (Lipinski definition) is 7. The number of anilines is 1. The van der Waals surface area contributed by atoms with Crippen molar-refractivity contribution in [3.63, 3.8) is 0 Å². The van der Waals surface area contributed by atoms with Crippen LogP contribution < -0.4 is 5.32 Å². The zero-order valence-corrected chi connectivity index (χ0v) is 17.3. The molecule has 3 aromatic heterocycles. The molecule has 0 aliphatic heterocycles. The summed E-state index contributed by atoms with van der Waals surface area (Å²) in [6.45, 7) is 2.66. The molecule has 0 atom stereocenters. The number of aromatic amines is 1. The van der Waals surface area contributed by atoms with E-state index in [1.165, 1.54) is 0 Å². The van der Waals surface area contributed by atoms with Crippen molar-refractivity contribution in [3.8, 4) is 28.6 Å². The molecule has 0 amide bonds. The number of nitrogens with zero attached hydrogens (tertiary/aromatic N) is 7. The molecule has 0 aliphatic rings. The van der Waals surface area contributed by atoms with Gasteiger partial charge in [0.2, 0.25) is 0 Å². The maximum Gasteiger partial charge on any atom is 0.185 e. The standard InChI is InChI=1S/C23H19N9/c1-2-17-11-21(32-14-26-20(12-24)23(32)27-17)25-13-15-7-9-16(10-8-15)18-5-3-4-6-19(18)22-28-30-31-29-22/h3-11,14,25H,2,13H2,1H3,(H,28,29,30,31). The molecule has 9 heteroatoms. The molecule has 9 nitrogen and oxygen atoms in total. The molecule has 32 heavy (non-hydrogen) atoms. The number of benzene rings is 2. The minimum Gasteiger partial charge on any atom is -0.367 e. The van der Waals surface area contributed by atoms with E-state index in [2.05, 4.69) is 72.3 Å². The Bertz CT molecular complexity index is 1410. The zero-order valence-electron chi connectivity index (χ0n) is 17.3. The second kappa shape index (κ2) is 8.28. The van der Waals surface area contributed by atoms with Crippen molar-refractivity contribution in [2.24, 2.45) is 0 Å². The van der Waals surface area contributed by atoms with E-state index >= 15 is 0 Å². The van der Waals surface area contributed by atoms with Crippen molar-refractivity contribution < 1.29 is 0 Å². The average Bonchev–Trinajstić information content (AvgIpc) is 3.53. The first-order chi connectivity index (χ1) is 15.8. The number of aromatic nitrogens is 7. The van der Waals surface area contributed by atoms with Gasteiger partial charge in [0.05, 0.1) is 0 Å². The van der Waals surface area contributed by atoms with Gasteiger partial charge in [0.1, 0.15) is 18.2 Å². The highest BCUT2D eigenvalue weighted by Crippen LogP contribution is 2.29. The van der Waals surface area contributed by atoms with Gasteiger partial charge in [-0.1, -0.05) is 55.5 Å². The van der Waals surface area contributed by atoms with Crippen LogP contribution >= 0.6 is 0 Å². The predicted octanol–water partition coefficient (Wildman–Crippen LogP) is 3.62. The van der Waals surface area contributed by atoms with Crippen LogP contribution in [0.5, 0.6) is 0 Å². The number of nitrogens with one attached hydrogen (secondary N) is 2. The Kier molecular flexibility index (Phi) is 5.01. The van der Waals surface area contributed by atoms with Gasteiger partial charge in [-0.25, -0.2) is 15.1 Å². The van der Waals surface area contributed by atoms with Gasteiger partial charge >= 0.3 is 0 Å². The van der Waals surface area contributed by atoms with Crippen LogP contribution in [0.2, 0.25) is 0 Å². The quantitative estimate of drug-likeness (QED) is 0.429. The van der Waals surface area contributed by atoms with Crippen LogP contribution in [0, 0.1) is 11.3 Å². The van der Waals surface area contributed by atoms with Gasteiger partial charge in [-0.2, -0.15) is 5.26 Å². The Hall–Kier alpha value is -4.58. The summed E-state index contributed by atoms with van der Waals surface area (Å²) < 4.78 is 1.81. The third-order valence-corrected chi connectivity index (χ3v) is 5.29. The molecular weight excluding hydrogens is 402 g/mol. The summed E-state index contributed by atoms with van der Waals surface area (Å²) in [6.07, 6.45) is 2.40. The summed E-state index contributed by atoms with van der Waals surface area (Å²) in [7, 11) is 0. The van der Waals surface area contributed by atoms with E-state index in [0.29, 0.717) is 23.7 Å². The number of nitriles is 1. The summed E-state index contributed by atoms with van der Waals surface area (Å²) in [6, 6.07) is 20.5. The van der Waals surface area contributed by atoms with Gasteiger partial charge in [-0.05, 0) is 33.5 Å². The highest BCUT2D eigenvalue weighted by Gasteiger charge is 2.12. The first-order valence-corrected chi connectivity index (χ1v) is 10.2. The van der Waals surface area contributed by atoms with E-state index in [1.54, 1.807) is 6.33 Å². The summed E-state index contributed by atoms with van der Waals surface area (Å²) in [5.41, 5.74) is 6.01. The Morgan fingerprint density at radius 3 is 2.62 bits per heavy atom. The Morgan fingerprint density at radius 1 is 1.09 bits per heavy atom. The van der Waals surface area contributed by atoms with Gasteiger partial charge in [0, 0.05) is 23.9 Å². The highest BCUT2D eigenvalue weighted by atomic mass is 15.5. The molecular formula is C23H19N9. The molecule has 5 aromatic rings. The van der Waals surface area contributed by atoms with Gasteiger partial charge in [-0.3, -0.25) is 4.40 Å². The average molecular weight is 421 g/mol. The second-order valence-corrected chi connectivity index (χ2v) is 7.23. The van der Waals surface area contributed by atoms with Gasteiger partial charge in [-0.15, -0.1) is 5.10 Å². The Morgan fingerprint density at radius 2 is 1.91 bits per heavy atom. The number of rotatable bonds is 6. The molecule has 0 saturated carbocycles. The van der Waals surface area contributed by atoms with Gasteiger partial charge in [0.15, 0.2) is 17.2 Å². The van der Waals surface area contributed by atoms with Crippen LogP contribution in [-0.2, 0) is 13.0 Å². The van der Waals surface area contributed by atoms with Crippen molar-refractivity contribution in [1.29, 1.82) is 5.26 Å². The molecule has 2 aromatic carbocycles. The topological polar surface area (TPSA) is 120 Å². The number of H-pyrrole nitrogens is 1. The lowest BCUT2D eigenvalue weighted by Crippen LogP contribution is -2.06. The minimum absolute atomic E-state index is 0.327. The summed E-state index contributed by atoms with van der Waals surface area (Å²) in [5, 5.41) is 27.0. The Labute approximate surface area is 183 Å². The fourth-order valence-electron chi connectivity index (χ4n) is 3.63. The smallest absolute Gasteiger partial charge is 0.185 e. The summed E-state index contributed by atoms with van der Waals surface area (Å²) in [4.78, 5) is 8.70. The SMILES string of the molecule is CCc1cc(NCc2ccc(-c3ccccc3-c3nnn[nH]3)cc2)n2cnc(C#N)c2n1. The fraction of sp³-hybridized carbons (Fsp3) is 0.130. The highest BCUT2D eigenvalue weighted by molar-refractivity contribution is 5.80. The molecule has 0 aliphatic carbocycles. The number of imidazole rings is 1. The van der Waals surface area contributed by atoms with Crippen LogP contribution in [0.25, 0.3) is 28.2 Å². The fourth-order valence-corrected chi connectivity index (χ4v) is 3.63. The maximum absolute atomic E-state index is 9.29. The second-order valence-electron chi connectivity index (χ2n) is 7.23. The molecule has 5 rings (SSSR count). The number of hydrogen-bond donors (Lipinski definition) is 2. The first kappa shape index (κ1) is 19.4. The van der Waals surface area contributed by atoms with Gasteiger partial charge in [0.25, 0.3) is 0 Å². The van der Waals surface area contributed by atoms with Crippen molar-refractivity contribution in [2.75, 3.05) is 5.32 Å². The van der Waals surface area contributed by atoms with Crippen molar-refractivity contribution >= 4 is 11.5 Å². The molecule has 2 N–H and O–H groups in total. The van der Waals surface area contributed by atoms with Crippen molar-refractivity contribution in [2.45, 2.75) is 19.9 Å². The van der Waals surface area contributed by atoms with E-state index in [0.717, 1.165) is 40.2 Å². The van der Waals surface area contributed by atoms with E-state index in [-0.39, 0.29) is 0 Å². The van der Waals surface area contributed by atoms with Crippen LogP contribution in [-0.4, -0.2) is 35.0 Å². The molecule has 0 unspecified atom stereocenters. The van der Waals surface area contributed by atoms with Gasteiger partial charge < -0.3 is 5.32 Å². The lowest BCUT2D eigenvalue weighted by atomic mass is 9.98. The van der Waals surface area contributed by atoms with E-state index in [4.69, 9.17) is 0 Å². The normalized spacial score (nSPS) is 10.9. The molecule has 156 valence electrons. The lowest BCUT2D eigenvalue weighted by molar-refractivity contribution is 0.881. The largest absolute Gasteiger partial charge is 0.367 e. The molecule has 0 saturated heterocycles. The third-order valence-electron chi connectivity index (χ3n) is 5.29. The molecule has 0 bridgehead atoms. The monoisotopic (exact) mass is 421 g/mol. The number of tetrazole rings is 1. The Balaban J connectivity index is 1.39. The lowest BCUT2D eigenvalue weighted by Gasteiger charge is -2.12. The number of fused-ring (bicyclic) bond motifs is 1. The van der Waals surface area contributed by atoms with Crippen molar-refractivity contribution in [1.82, 2.24) is 35.0 Å². The molecule has 3 heterocycles. The minimum atomic E-state index is 0.327. The molecule has 0 radical (unpaired) electrons. The zero-order chi connectivity index (χ0) is 21.9. The van der Waals surface area contributed by atoms with Crippen LogP contribution in [0.4, 0.5) is 5.82 Å².